The van der Waals surface area contributed by atoms with Crippen molar-refractivity contribution < 1.29 is 9.59 Å². The lowest BCUT2D eigenvalue weighted by molar-refractivity contribution is 0.0698. The second-order valence-electron chi connectivity index (χ2n) is 8.89. The quantitative estimate of drug-likeness (QED) is 0.610. The Kier molecular flexibility index (Phi) is 5.96. The van der Waals surface area contributed by atoms with Crippen LogP contribution in [0.1, 0.15) is 57.4 Å². The zero-order valence-corrected chi connectivity index (χ0v) is 19.2. The number of nitrogens with one attached hydrogen (secondary N) is 1. The molecular formula is C26H27N5O3. The summed E-state index contributed by atoms with van der Waals surface area (Å²) in [6.07, 6.45) is 6.33. The molecule has 2 aliphatic heterocycles. The molecule has 1 saturated heterocycles. The van der Waals surface area contributed by atoms with E-state index in [9.17, 15) is 14.4 Å². The summed E-state index contributed by atoms with van der Waals surface area (Å²) in [5.74, 6) is -0.276. The van der Waals surface area contributed by atoms with Gasteiger partial charge in [-0.1, -0.05) is 24.3 Å². The molecule has 0 spiro atoms. The van der Waals surface area contributed by atoms with Gasteiger partial charge in [-0.2, -0.15) is 0 Å². The topological polar surface area (TPSA) is 99.3 Å². The minimum Gasteiger partial charge on any atom is -0.337 e. The number of carbonyl (C=O) groups is 2. The van der Waals surface area contributed by atoms with Crippen LogP contribution in [0.2, 0.25) is 0 Å². The van der Waals surface area contributed by atoms with E-state index in [0.717, 1.165) is 17.8 Å². The van der Waals surface area contributed by atoms with E-state index in [1.54, 1.807) is 17.0 Å². The maximum Gasteiger partial charge on any atom is 0.280 e. The second-order valence-corrected chi connectivity index (χ2v) is 8.89. The van der Waals surface area contributed by atoms with Gasteiger partial charge in [0.2, 0.25) is 0 Å². The molecule has 3 aromatic rings. The number of fused-ring (bicyclic) bond motifs is 1. The molecule has 0 saturated carbocycles. The fraction of sp³-hybridized carbons (Fsp3) is 0.346. The van der Waals surface area contributed by atoms with E-state index in [1.807, 2.05) is 42.2 Å². The molecule has 2 aliphatic rings. The number of aryl methyl sites for hydroxylation is 1. The van der Waals surface area contributed by atoms with Gasteiger partial charge in [-0.25, -0.2) is 4.98 Å². The summed E-state index contributed by atoms with van der Waals surface area (Å²) in [5, 5.41) is 0. The highest BCUT2D eigenvalue weighted by Gasteiger charge is 2.31. The van der Waals surface area contributed by atoms with Crippen molar-refractivity contribution in [1.82, 2.24) is 24.8 Å². The SMILES string of the molecule is Cc1ccc(C(=O)N2CC=CCC2)c(C2CCN(C(=O)c3nc4ccccc4[nH]c3=O)CC2)n1. The Morgan fingerprint density at radius 1 is 0.941 bits per heavy atom. The molecule has 34 heavy (non-hydrogen) atoms. The normalized spacial score (nSPS) is 16.7. The lowest BCUT2D eigenvalue weighted by Crippen LogP contribution is -2.41. The largest absolute Gasteiger partial charge is 0.337 e. The van der Waals surface area contributed by atoms with E-state index >= 15 is 0 Å². The van der Waals surface area contributed by atoms with Crippen LogP contribution in [0.5, 0.6) is 0 Å². The van der Waals surface area contributed by atoms with Gasteiger partial charge in [0.1, 0.15) is 0 Å². The average Bonchev–Trinajstić information content (AvgIpc) is 2.88. The van der Waals surface area contributed by atoms with Crippen LogP contribution in [0, 0.1) is 6.92 Å². The standard InChI is InChI=1S/C26H27N5O3/c1-17-9-10-19(25(33)30-13-5-2-6-14-30)22(27-17)18-11-15-31(16-12-18)26(34)23-24(32)29-21-8-4-3-7-20(21)28-23/h2-5,7-10,18H,6,11-16H2,1H3,(H,29,32). The summed E-state index contributed by atoms with van der Waals surface area (Å²) in [6, 6.07) is 10.9. The van der Waals surface area contributed by atoms with Crippen molar-refractivity contribution >= 4 is 22.8 Å². The van der Waals surface area contributed by atoms with E-state index < -0.39 is 5.56 Å². The van der Waals surface area contributed by atoms with Crippen LogP contribution in [-0.2, 0) is 0 Å². The van der Waals surface area contributed by atoms with E-state index in [4.69, 9.17) is 4.98 Å². The predicted octanol–water partition coefficient (Wildman–Crippen LogP) is 3.05. The molecule has 0 atom stereocenters. The van der Waals surface area contributed by atoms with Gasteiger partial charge in [0.05, 0.1) is 22.3 Å². The van der Waals surface area contributed by atoms with Crippen LogP contribution in [0.15, 0.2) is 53.3 Å². The van der Waals surface area contributed by atoms with Crippen molar-refractivity contribution in [3.8, 4) is 0 Å². The number of hydrogen-bond acceptors (Lipinski definition) is 5. The molecule has 0 unspecified atom stereocenters. The van der Waals surface area contributed by atoms with Gasteiger partial charge in [0, 0.05) is 37.8 Å². The number of hydrogen-bond donors (Lipinski definition) is 1. The number of carbonyl (C=O) groups excluding carboxylic acids is 2. The Balaban J connectivity index is 1.34. The highest BCUT2D eigenvalue weighted by Crippen LogP contribution is 2.30. The van der Waals surface area contributed by atoms with Crippen LogP contribution in [0.25, 0.3) is 11.0 Å². The highest BCUT2D eigenvalue weighted by molar-refractivity contribution is 5.96. The van der Waals surface area contributed by atoms with Crippen LogP contribution in [0.4, 0.5) is 0 Å². The number of nitrogens with zero attached hydrogens (tertiary/aromatic N) is 4. The Labute approximate surface area is 197 Å². The molecule has 1 N–H and O–H groups in total. The third-order valence-corrected chi connectivity index (χ3v) is 6.61. The summed E-state index contributed by atoms with van der Waals surface area (Å²) >= 11 is 0. The lowest BCUT2D eigenvalue weighted by Gasteiger charge is -2.33. The van der Waals surface area contributed by atoms with Crippen molar-refractivity contribution in [3.05, 3.63) is 81.5 Å². The van der Waals surface area contributed by atoms with Gasteiger partial charge in [-0.15, -0.1) is 0 Å². The number of benzene rings is 1. The maximum absolute atomic E-state index is 13.2. The van der Waals surface area contributed by atoms with Crippen molar-refractivity contribution in [3.63, 3.8) is 0 Å². The van der Waals surface area contributed by atoms with Gasteiger partial charge in [-0.05, 0) is 50.5 Å². The Bertz CT molecular complexity index is 1340. The monoisotopic (exact) mass is 457 g/mol. The van der Waals surface area contributed by atoms with Crippen molar-refractivity contribution in [2.45, 2.75) is 32.1 Å². The molecule has 5 rings (SSSR count). The second kappa shape index (κ2) is 9.21. The first-order chi connectivity index (χ1) is 16.5. The Morgan fingerprint density at radius 3 is 2.50 bits per heavy atom. The summed E-state index contributed by atoms with van der Waals surface area (Å²) in [7, 11) is 0. The predicted molar refractivity (Wildman–Crippen MR) is 129 cm³/mol. The first kappa shape index (κ1) is 22.0. The fourth-order valence-electron chi connectivity index (χ4n) is 4.75. The number of aromatic nitrogens is 3. The molecule has 0 aliphatic carbocycles. The zero-order chi connectivity index (χ0) is 23.7. The Morgan fingerprint density at radius 2 is 1.74 bits per heavy atom. The maximum atomic E-state index is 13.2. The van der Waals surface area contributed by atoms with E-state index in [0.29, 0.717) is 55.6 Å². The molecule has 1 aromatic carbocycles. The number of piperidine rings is 1. The van der Waals surface area contributed by atoms with E-state index in [-0.39, 0.29) is 23.4 Å². The Hall–Kier alpha value is -3.81. The molecule has 174 valence electrons. The molecule has 2 aromatic heterocycles. The third-order valence-electron chi connectivity index (χ3n) is 6.61. The van der Waals surface area contributed by atoms with Gasteiger partial charge < -0.3 is 14.8 Å². The number of pyridine rings is 1. The molecule has 0 radical (unpaired) electrons. The molecule has 4 heterocycles. The summed E-state index contributed by atoms with van der Waals surface area (Å²) in [4.78, 5) is 54.2. The third kappa shape index (κ3) is 4.23. The van der Waals surface area contributed by atoms with Crippen LogP contribution < -0.4 is 5.56 Å². The summed E-state index contributed by atoms with van der Waals surface area (Å²) < 4.78 is 0. The van der Waals surface area contributed by atoms with Gasteiger partial charge >= 0.3 is 0 Å². The van der Waals surface area contributed by atoms with Crippen LogP contribution >= 0.6 is 0 Å². The highest BCUT2D eigenvalue weighted by atomic mass is 16.2. The summed E-state index contributed by atoms with van der Waals surface area (Å²) in [5.41, 5.74) is 2.96. The average molecular weight is 458 g/mol. The number of rotatable bonds is 3. The smallest absolute Gasteiger partial charge is 0.280 e. The van der Waals surface area contributed by atoms with Crippen LogP contribution in [-0.4, -0.2) is 62.7 Å². The minimum atomic E-state index is -0.477. The minimum absolute atomic E-state index is 0.0113. The van der Waals surface area contributed by atoms with E-state index in [1.165, 1.54) is 0 Å². The van der Waals surface area contributed by atoms with Crippen LogP contribution in [0.3, 0.4) is 0 Å². The zero-order valence-electron chi connectivity index (χ0n) is 19.2. The van der Waals surface area contributed by atoms with Crippen molar-refractivity contribution in [2.75, 3.05) is 26.2 Å². The first-order valence-corrected chi connectivity index (χ1v) is 11.7. The molecule has 8 heteroatoms. The van der Waals surface area contributed by atoms with Gasteiger partial charge in [0.25, 0.3) is 17.4 Å². The lowest BCUT2D eigenvalue weighted by atomic mass is 9.89. The molecule has 8 nitrogen and oxygen atoms in total. The number of H-pyrrole nitrogens is 1. The number of amides is 2. The van der Waals surface area contributed by atoms with Crippen molar-refractivity contribution in [2.24, 2.45) is 0 Å². The number of likely N-dealkylation sites (tertiary alicyclic amines) is 1. The first-order valence-electron chi connectivity index (χ1n) is 11.7. The fourth-order valence-corrected chi connectivity index (χ4v) is 4.75. The molecule has 0 bridgehead atoms. The molecular weight excluding hydrogens is 430 g/mol. The molecule has 2 amide bonds. The van der Waals surface area contributed by atoms with Crippen molar-refractivity contribution in [1.29, 1.82) is 0 Å². The summed E-state index contributed by atoms with van der Waals surface area (Å²) in [6.45, 7) is 4.22. The van der Waals surface area contributed by atoms with Gasteiger partial charge in [0.15, 0.2) is 5.69 Å². The van der Waals surface area contributed by atoms with Gasteiger partial charge in [-0.3, -0.25) is 19.4 Å². The van der Waals surface area contributed by atoms with E-state index in [2.05, 4.69) is 16.0 Å². The number of para-hydroxylation sites is 2. The molecule has 1 fully saturated rings. The number of aromatic amines is 1.